The quantitative estimate of drug-likeness (QED) is 0.834. The Morgan fingerprint density at radius 2 is 1.76 bits per heavy atom. The second kappa shape index (κ2) is 6.55. The summed E-state index contributed by atoms with van der Waals surface area (Å²) in [7, 11) is 0. The van der Waals surface area contributed by atoms with Gasteiger partial charge in [0.2, 0.25) is 0 Å². The summed E-state index contributed by atoms with van der Waals surface area (Å²) in [6.45, 7) is 0.325. The predicted molar refractivity (Wildman–Crippen MR) is 75.5 cm³/mol. The van der Waals surface area contributed by atoms with E-state index in [0.29, 0.717) is 18.4 Å². The molecule has 1 N–H and O–H groups in total. The molecule has 2 heteroatoms. The second-order valence-electron chi connectivity index (χ2n) is 5.12. The lowest BCUT2D eigenvalue weighted by molar-refractivity contribution is 0.159. The van der Waals surface area contributed by atoms with E-state index in [1.165, 1.54) is 31.2 Å². The third-order valence-electron chi connectivity index (χ3n) is 4.14. The molecule has 1 saturated carbocycles. The lowest BCUT2D eigenvalue weighted by Gasteiger charge is -2.32. The second-order valence-corrected chi connectivity index (χ2v) is 5.77. The highest BCUT2D eigenvalue weighted by Gasteiger charge is 2.27. The summed E-state index contributed by atoms with van der Waals surface area (Å²) in [6.07, 6.45) is 5.07. The van der Waals surface area contributed by atoms with Crippen molar-refractivity contribution in [1.82, 2.24) is 0 Å². The van der Waals surface area contributed by atoms with Crippen LogP contribution in [0.3, 0.4) is 0 Å². The Morgan fingerprint density at radius 1 is 1.12 bits per heavy atom. The summed E-state index contributed by atoms with van der Waals surface area (Å²) in [4.78, 5) is 0. The van der Waals surface area contributed by atoms with Crippen LogP contribution < -0.4 is 0 Å². The van der Waals surface area contributed by atoms with Crippen molar-refractivity contribution in [2.75, 3.05) is 11.9 Å². The fraction of sp³-hybridized carbons (Fsp3) is 0.600. The average molecular weight is 297 g/mol. The lowest BCUT2D eigenvalue weighted by atomic mass is 9.74. The number of aliphatic hydroxyl groups excluding tert-OH is 1. The number of benzene rings is 1. The van der Waals surface area contributed by atoms with Crippen molar-refractivity contribution in [3.05, 3.63) is 35.9 Å². The predicted octanol–water partition coefficient (Wildman–Crippen LogP) is 3.96. The molecule has 1 atom stereocenters. The van der Waals surface area contributed by atoms with Gasteiger partial charge in [0.1, 0.15) is 0 Å². The molecule has 1 nitrogen and oxygen atoms in total. The molecule has 0 aromatic heterocycles. The first-order valence-corrected chi connectivity index (χ1v) is 7.69. The number of alkyl halides is 1. The van der Waals surface area contributed by atoms with Crippen LogP contribution in [-0.4, -0.2) is 17.0 Å². The van der Waals surface area contributed by atoms with Crippen LogP contribution in [-0.2, 0) is 0 Å². The maximum Gasteiger partial charge on any atom is 0.0469 e. The standard InChI is InChI=1S/C15H21BrO/c16-10-15(11-17)14-8-6-13(7-9-14)12-4-2-1-3-5-12/h1-5,13-15,17H,6-11H2. The number of rotatable bonds is 4. The minimum Gasteiger partial charge on any atom is -0.396 e. The molecule has 1 aliphatic carbocycles. The van der Waals surface area contributed by atoms with Gasteiger partial charge in [0, 0.05) is 11.9 Å². The molecule has 17 heavy (non-hydrogen) atoms. The van der Waals surface area contributed by atoms with Gasteiger partial charge in [0.05, 0.1) is 0 Å². The molecule has 1 aliphatic rings. The van der Waals surface area contributed by atoms with Crippen LogP contribution >= 0.6 is 15.9 Å². The normalized spacial score (nSPS) is 26.7. The summed E-state index contributed by atoms with van der Waals surface area (Å²) in [5.41, 5.74) is 1.49. The van der Waals surface area contributed by atoms with Crippen molar-refractivity contribution >= 4 is 15.9 Å². The highest BCUT2D eigenvalue weighted by molar-refractivity contribution is 9.09. The molecule has 0 bridgehead atoms. The Bertz CT molecular complexity index is 313. The van der Waals surface area contributed by atoms with Crippen LogP contribution in [0.4, 0.5) is 0 Å². The molecule has 0 spiro atoms. The van der Waals surface area contributed by atoms with E-state index in [9.17, 15) is 5.11 Å². The summed E-state index contributed by atoms with van der Waals surface area (Å²) in [6, 6.07) is 10.9. The van der Waals surface area contributed by atoms with Gasteiger partial charge in [0.25, 0.3) is 0 Å². The number of hydrogen-bond donors (Lipinski definition) is 1. The first-order chi connectivity index (χ1) is 8.35. The van der Waals surface area contributed by atoms with E-state index in [0.717, 1.165) is 11.2 Å². The zero-order chi connectivity index (χ0) is 12.1. The topological polar surface area (TPSA) is 20.2 Å². The Hall–Kier alpha value is -0.340. The summed E-state index contributed by atoms with van der Waals surface area (Å²) < 4.78 is 0. The molecule has 1 unspecified atom stereocenters. The average Bonchev–Trinajstić information content (AvgIpc) is 2.42. The van der Waals surface area contributed by atoms with Crippen molar-refractivity contribution < 1.29 is 5.11 Å². The molecule has 1 aromatic carbocycles. The highest BCUT2D eigenvalue weighted by atomic mass is 79.9. The molecular weight excluding hydrogens is 276 g/mol. The van der Waals surface area contributed by atoms with Crippen LogP contribution in [0, 0.1) is 11.8 Å². The van der Waals surface area contributed by atoms with Gasteiger partial charge in [-0.1, -0.05) is 46.3 Å². The van der Waals surface area contributed by atoms with E-state index in [1.54, 1.807) is 0 Å². The van der Waals surface area contributed by atoms with Crippen LogP contribution in [0.1, 0.15) is 37.2 Å². The van der Waals surface area contributed by atoms with Crippen molar-refractivity contribution in [2.45, 2.75) is 31.6 Å². The first-order valence-electron chi connectivity index (χ1n) is 6.57. The van der Waals surface area contributed by atoms with E-state index in [-0.39, 0.29) is 0 Å². The van der Waals surface area contributed by atoms with Crippen LogP contribution in [0.25, 0.3) is 0 Å². The SMILES string of the molecule is OCC(CBr)C1CCC(c2ccccc2)CC1. The molecule has 0 aliphatic heterocycles. The summed E-state index contributed by atoms with van der Waals surface area (Å²) in [5.74, 6) is 1.90. The van der Waals surface area contributed by atoms with Crippen LogP contribution in [0.5, 0.6) is 0 Å². The number of aliphatic hydroxyl groups is 1. The minimum absolute atomic E-state index is 0.325. The van der Waals surface area contributed by atoms with Gasteiger partial charge in [0.15, 0.2) is 0 Å². The number of halogens is 1. The van der Waals surface area contributed by atoms with Crippen molar-refractivity contribution in [1.29, 1.82) is 0 Å². The zero-order valence-corrected chi connectivity index (χ0v) is 11.8. The van der Waals surface area contributed by atoms with Gasteiger partial charge in [-0.3, -0.25) is 0 Å². The molecule has 0 heterocycles. The molecule has 0 radical (unpaired) electrons. The van der Waals surface area contributed by atoms with Gasteiger partial charge in [-0.25, -0.2) is 0 Å². The summed E-state index contributed by atoms with van der Waals surface area (Å²) in [5, 5.41) is 10.3. The minimum atomic E-state index is 0.325. The zero-order valence-electron chi connectivity index (χ0n) is 10.2. The molecule has 0 amide bonds. The Balaban J connectivity index is 1.90. The third kappa shape index (κ3) is 3.32. The first kappa shape index (κ1) is 13.1. The van der Waals surface area contributed by atoms with E-state index in [4.69, 9.17) is 0 Å². The maximum absolute atomic E-state index is 9.33. The van der Waals surface area contributed by atoms with Crippen molar-refractivity contribution in [3.8, 4) is 0 Å². The smallest absolute Gasteiger partial charge is 0.0469 e. The van der Waals surface area contributed by atoms with E-state index < -0.39 is 0 Å². The molecule has 94 valence electrons. The van der Waals surface area contributed by atoms with Gasteiger partial charge < -0.3 is 5.11 Å². The van der Waals surface area contributed by atoms with E-state index in [2.05, 4.69) is 46.3 Å². The van der Waals surface area contributed by atoms with Crippen LogP contribution in [0.2, 0.25) is 0 Å². The fourth-order valence-electron chi connectivity index (χ4n) is 2.97. The molecule has 1 fully saturated rings. The fourth-order valence-corrected chi connectivity index (χ4v) is 3.71. The highest BCUT2D eigenvalue weighted by Crippen LogP contribution is 2.38. The van der Waals surface area contributed by atoms with Gasteiger partial charge in [-0.15, -0.1) is 0 Å². The Morgan fingerprint density at radius 3 is 2.29 bits per heavy atom. The van der Waals surface area contributed by atoms with Crippen molar-refractivity contribution in [3.63, 3.8) is 0 Å². The molecule has 2 rings (SSSR count). The molecular formula is C15H21BrO. The maximum atomic E-state index is 9.33. The summed E-state index contributed by atoms with van der Waals surface area (Å²) >= 11 is 3.51. The van der Waals surface area contributed by atoms with Gasteiger partial charge >= 0.3 is 0 Å². The van der Waals surface area contributed by atoms with Gasteiger partial charge in [-0.2, -0.15) is 0 Å². The van der Waals surface area contributed by atoms with Crippen LogP contribution in [0.15, 0.2) is 30.3 Å². The van der Waals surface area contributed by atoms with E-state index in [1.807, 2.05) is 0 Å². The number of hydrogen-bond acceptors (Lipinski definition) is 1. The van der Waals surface area contributed by atoms with Gasteiger partial charge in [-0.05, 0) is 49.0 Å². The monoisotopic (exact) mass is 296 g/mol. The van der Waals surface area contributed by atoms with E-state index >= 15 is 0 Å². The largest absolute Gasteiger partial charge is 0.396 e. The Labute approximate surface area is 112 Å². The molecule has 0 saturated heterocycles. The third-order valence-corrected chi connectivity index (χ3v) is 4.97. The molecule has 1 aromatic rings. The van der Waals surface area contributed by atoms with Crippen molar-refractivity contribution in [2.24, 2.45) is 11.8 Å². The lowest BCUT2D eigenvalue weighted by Crippen LogP contribution is -2.24. The Kier molecular flexibility index (Phi) is 5.05.